The van der Waals surface area contributed by atoms with E-state index < -0.39 is 0 Å². The van der Waals surface area contributed by atoms with Gasteiger partial charge in [0.2, 0.25) is 0 Å². The van der Waals surface area contributed by atoms with Gasteiger partial charge in [0.05, 0.1) is 0 Å². The lowest BCUT2D eigenvalue weighted by molar-refractivity contribution is 0.123. The van der Waals surface area contributed by atoms with Gasteiger partial charge < -0.3 is 10.2 Å². The minimum atomic E-state index is 0. The van der Waals surface area contributed by atoms with Gasteiger partial charge in [-0.2, -0.15) is 0 Å². The molecule has 2 aliphatic heterocycles. The van der Waals surface area contributed by atoms with Crippen molar-refractivity contribution < 1.29 is 0 Å². The van der Waals surface area contributed by atoms with Crippen molar-refractivity contribution >= 4 is 24.8 Å². The van der Waals surface area contributed by atoms with Gasteiger partial charge in [-0.25, -0.2) is 0 Å². The van der Waals surface area contributed by atoms with Crippen LogP contribution in [0.5, 0.6) is 0 Å². The van der Waals surface area contributed by atoms with Crippen molar-refractivity contribution in [2.75, 3.05) is 19.6 Å². The van der Waals surface area contributed by atoms with Crippen molar-refractivity contribution in [1.82, 2.24) is 10.2 Å². The summed E-state index contributed by atoms with van der Waals surface area (Å²) in [6.07, 6.45) is 7.04. The highest BCUT2D eigenvalue weighted by Gasteiger charge is 2.24. The fourth-order valence-corrected chi connectivity index (χ4v) is 2.72. The first kappa shape index (κ1) is 15.5. The van der Waals surface area contributed by atoms with Crippen LogP contribution in [0.2, 0.25) is 0 Å². The van der Waals surface area contributed by atoms with E-state index in [1.54, 1.807) is 0 Å². The van der Waals surface area contributed by atoms with E-state index in [0.717, 1.165) is 12.1 Å². The fourth-order valence-electron chi connectivity index (χ4n) is 2.72. The molecular formula is C11H24Cl2N2. The molecule has 2 aliphatic rings. The second-order valence-electron chi connectivity index (χ2n) is 4.63. The third-order valence-corrected chi connectivity index (χ3v) is 3.50. The molecule has 2 heterocycles. The van der Waals surface area contributed by atoms with E-state index in [4.69, 9.17) is 0 Å². The maximum atomic E-state index is 3.52. The second kappa shape index (κ2) is 7.72. The van der Waals surface area contributed by atoms with Gasteiger partial charge in [0.25, 0.3) is 0 Å². The molecule has 15 heavy (non-hydrogen) atoms. The smallest absolute Gasteiger partial charge is 0.0122 e. The lowest BCUT2D eigenvalue weighted by Crippen LogP contribution is -2.48. The van der Waals surface area contributed by atoms with E-state index in [-0.39, 0.29) is 24.8 Å². The lowest BCUT2D eigenvalue weighted by atomic mass is 9.97. The molecule has 0 bridgehead atoms. The summed E-state index contributed by atoms with van der Waals surface area (Å²) in [4.78, 5) is 2.72. The van der Waals surface area contributed by atoms with Crippen molar-refractivity contribution in [2.45, 2.75) is 51.1 Å². The third kappa shape index (κ3) is 4.48. The quantitative estimate of drug-likeness (QED) is 0.774. The van der Waals surface area contributed by atoms with Crippen LogP contribution in [0.3, 0.4) is 0 Å². The Labute approximate surface area is 106 Å². The van der Waals surface area contributed by atoms with E-state index in [2.05, 4.69) is 17.1 Å². The monoisotopic (exact) mass is 254 g/mol. The van der Waals surface area contributed by atoms with Crippen molar-refractivity contribution in [3.8, 4) is 0 Å². The molecule has 92 valence electrons. The Morgan fingerprint density at radius 3 is 2.33 bits per heavy atom. The summed E-state index contributed by atoms with van der Waals surface area (Å²) in [5, 5.41) is 3.52. The molecule has 0 spiro atoms. The lowest BCUT2D eigenvalue weighted by Gasteiger charge is -2.39. The number of hydrogen-bond donors (Lipinski definition) is 1. The molecule has 2 saturated heterocycles. The first-order valence-electron chi connectivity index (χ1n) is 5.83. The molecule has 0 aromatic heterocycles. The maximum absolute atomic E-state index is 3.52. The molecule has 0 saturated carbocycles. The van der Waals surface area contributed by atoms with Crippen molar-refractivity contribution in [3.63, 3.8) is 0 Å². The van der Waals surface area contributed by atoms with E-state index in [1.807, 2.05) is 0 Å². The highest BCUT2D eigenvalue weighted by Crippen LogP contribution is 2.19. The molecule has 0 aromatic rings. The number of rotatable bonds is 1. The number of halogens is 2. The molecule has 2 atom stereocenters. The molecule has 4 heteroatoms. The number of nitrogens with one attached hydrogen (secondary N) is 1. The summed E-state index contributed by atoms with van der Waals surface area (Å²) >= 11 is 0. The Hall–Kier alpha value is 0.500. The maximum Gasteiger partial charge on any atom is 0.0122 e. The largest absolute Gasteiger partial charge is 0.314 e. The first-order valence-corrected chi connectivity index (χ1v) is 5.83. The molecule has 0 radical (unpaired) electrons. The van der Waals surface area contributed by atoms with Crippen molar-refractivity contribution in [1.29, 1.82) is 0 Å². The Bertz CT molecular complexity index is 161. The zero-order chi connectivity index (χ0) is 9.10. The predicted molar refractivity (Wildman–Crippen MR) is 70.4 cm³/mol. The average Bonchev–Trinajstić information content (AvgIpc) is 2.19. The molecule has 1 unspecified atom stereocenters. The number of nitrogens with zero attached hydrogens (tertiary/aromatic N) is 1. The third-order valence-electron chi connectivity index (χ3n) is 3.50. The number of likely N-dealkylation sites (tertiary alicyclic amines) is 1. The highest BCUT2D eigenvalue weighted by atomic mass is 35.5. The molecular weight excluding hydrogens is 231 g/mol. The minimum absolute atomic E-state index is 0. The SMILES string of the molecule is C[C@H]1CC(N2CCCCC2)CCN1.Cl.Cl. The number of piperidine rings is 2. The minimum Gasteiger partial charge on any atom is -0.314 e. The van der Waals surface area contributed by atoms with Gasteiger partial charge >= 0.3 is 0 Å². The highest BCUT2D eigenvalue weighted by molar-refractivity contribution is 5.85. The summed E-state index contributed by atoms with van der Waals surface area (Å²) in [7, 11) is 0. The van der Waals surface area contributed by atoms with Crippen LogP contribution in [0.1, 0.15) is 39.0 Å². The van der Waals surface area contributed by atoms with Gasteiger partial charge in [-0.05, 0) is 52.2 Å². The Kier molecular flexibility index (Phi) is 7.98. The van der Waals surface area contributed by atoms with Crippen molar-refractivity contribution in [2.24, 2.45) is 0 Å². The first-order chi connectivity index (χ1) is 6.36. The summed E-state index contributed by atoms with van der Waals surface area (Å²) in [5.41, 5.74) is 0. The Balaban J connectivity index is 0.000000980. The summed E-state index contributed by atoms with van der Waals surface area (Å²) in [6, 6.07) is 1.62. The van der Waals surface area contributed by atoms with Crippen LogP contribution in [0.4, 0.5) is 0 Å². The molecule has 0 amide bonds. The van der Waals surface area contributed by atoms with Gasteiger partial charge in [0, 0.05) is 12.1 Å². The summed E-state index contributed by atoms with van der Waals surface area (Å²) in [5.74, 6) is 0. The van der Waals surface area contributed by atoms with Gasteiger partial charge in [-0.1, -0.05) is 6.42 Å². The van der Waals surface area contributed by atoms with E-state index in [0.29, 0.717) is 0 Å². The molecule has 0 aromatic carbocycles. The Morgan fingerprint density at radius 1 is 1.07 bits per heavy atom. The summed E-state index contributed by atoms with van der Waals surface area (Å²) < 4.78 is 0. The van der Waals surface area contributed by atoms with Crippen molar-refractivity contribution in [3.05, 3.63) is 0 Å². The predicted octanol–water partition coefficient (Wildman–Crippen LogP) is 2.46. The zero-order valence-electron chi connectivity index (χ0n) is 9.58. The van der Waals surface area contributed by atoms with E-state index in [1.165, 1.54) is 51.7 Å². The molecule has 1 N–H and O–H groups in total. The van der Waals surface area contributed by atoms with Gasteiger partial charge in [-0.15, -0.1) is 24.8 Å². The van der Waals surface area contributed by atoms with Crippen LogP contribution >= 0.6 is 24.8 Å². The zero-order valence-corrected chi connectivity index (χ0v) is 11.2. The normalized spacial score (nSPS) is 32.6. The second-order valence-corrected chi connectivity index (χ2v) is 4.63. The molecule has 2 nitrogen and oxygen atoms in total. The van der Waals surface area contributed by atoms with Crippen LogP contribution in [-0.4, -0.2) is 36.6 Å². The summed E-state index contributed by atoms with van der Waals surface area (Å²) in [6.45, 7) is 6.26. The fraction of sp³-hybridized carbons (Fsp3) is 1.00. The molecule has 2 rings (SSSR count). The van der Waals surface area contributed by atoms with Crippen LogP contribution in [0.25, 0.3) is 0 Å². The molecule has 0 aliphatic carbocycles. The van der Waals surface area contributed by atoms with Crippen LogP contribution in [-0.2, 0) is 0 Å². The van der Waals surface area contributed by atoms with Crippen LogP contribution < -0.4 is 5.32 Å². The van der Waals surface area contributed by atoms with Gasteiger partial charge in [0.1, 0.15) is 0 Å². The van der Waals surface area contributed by atoms with Crippen LogP contribution in [0, 0.1) is 0 Å². The number of hydrogen-bond acceptors (Lipinski definition) is 2. The standard InChI is InChI=1S/C11H22N2.2ClH/c1-10-9-11(5-6-12-10)13-7-3-2-4-8-13;;/h10-12H,2-9H2,1H3;2*1H/t10-,11?;;/m0../s1. The topological polar surface area (TPSA) is 15.3 Å². The molecule has 2 fully saturated rings. The van der Waals surface area contributed by atoms with Gasteiger partial charge in [-0.3, -0.25) is 0 Å². The van der Waals surface area contributed by atoms with Gasteiger partial charge in [0.15, 0.2) is 0 Å². The van der Waals surface area contributed by atoms with Crippen LogP contribution in [0.15, 0.2) is 0 Å². The van der Waals surface area contributed by atoms with E-state index >= 15 is 0 Å². The van der Waals surface area contributed by atoms with E-state index in [9.17, 15) is 0 Å². The Morgan fingerprint density at radius 2 is 1.73 bits per heavy atom. The average molecular weight is 255 g/mol.